The first kappa shape index (κ1) is 9.24. The first-order chi connectivity index (χ1) is 6.59. The largest absolute Gasteiger partial charge is 0.379 e. The molecule has 4 nitrogen and oxygen atoms in total. The van der Waals surface area contributed by atoms with Crippen LogP contribution >= 0.6 is 0 Å². The molecule has 0 radical (unpaired) electrons. The molecule has 2 N–H and O–H groups in total. The second-order valence-corrected chi connectivity index (χ2v) is 4.11. The predicted octanol–water partition coefficient (Wildman–Crippen LogP) is -0.104. The summed E-state index contributed by atoms with van der Waals surface area (Å²) in [6.07, 6.45) is 3.15. The quantitative estimate of drug-likeness (QED) is 0.633. The van der Waals surface area contributed by atoms with Crippen LogP contribution in [0.5, 0.6) is 0 Å². The Balaban J connectivity index is 2.32. The van der Waals surface area contributed by atoms with E-state index in [9.17, 15) is 9.59 Å². The fraction of sp³-hybridized carbons (Fsp3) is 0.600. The van der Waals surface area contributed by atoms with Gasteiger partial charge in [-0.3, -0.25) is 9.59 Å². The van der Waals surface area contributed by atoms with Gasteiger partial charge in [0.1, 0.15) is 5.78 Å². The Morgan fingerprint density at radius 2 is 2.29 bits per heavy atom. The number of fused-ring (bicyclic) bond motifs is 1. The van der Waals surface area contributed by atoms with E-state index in [1.165, 1.54) is 0 Å². The van der Waals surface area contributed by atoms with Crippen LogP contribution in [0.25, 0.3) is 0 Å². The molecule has 1 fully saturated rings. The zero-order valence-corrected chi connectivity index (χ0v) is 8.19. The predicted molar refractivity (Wildman–Crippen MR) is 51.1 cm³/mol. The van der Waals surface area contributed by atoms with Crippen LogP contribution in [0.1, 0.15) is 12.8 Å². The zero-order chi connectivity index (χ0) is 10.3. The van der Waals surface area contributed by atoms with Crippen molar-refractivity contribution in [3.05, 3.63) is 11.8 Å². The van der Waals surface area contributed by atoms with Gasteiger partial charge in [-0.25, -0.2) is 0 Å². The minimum absolute atomic E-state index is 0.00694. The summed E-state index contributed by atoms with van der Waals surface area (Å²) < 4.78 is 0. The molecule has 1 amide bonds. The van der Waals surface area contributed by atoms with E-state index in [1.807, 2.05) is 11.9 Å². The lowest BCUT2D eigenvalue weighted by Gasteiger charge is -2.30. The molecule has 4 heteroatoms. The molecule has 76 valence electrons. The number of Topliss-reactive ketones (excluding diaryl/α,β-unsaturated/α-hetero) is 1. The van der Waals surface area contributed by atoms with Gasteiger partial charge >= 0.3 is 0 Å². The Morgan fingerprint density at radius 1 is 1.57 bits per heavy atom. The highest BCUT2D eigenvalue weighted by atomic mass is 16.1. The van der Waals surface area contributed by atoms with Crippen molar-refractivity contribution < 1.29 is 9.59 Å². The molecule has 1 aliphatic heterocycles. The van der Waals surface area contributed by atoms with E-state index < -0.39 is 0 Å². The minimum atomic E-state index is -0.388. The van der Waals surface area contributed by atoms with E-state index in [4.69, 9.17) is 5.73 Å². The summed E-state index contributed by atoms with van der Waals surface area (Å²) in [6, 6.07) is 0. The van der Waals surface area contributed by atoms with Gasteiger partial charge < -0.3 is 10.6 Å². The Bertz CT molecular complexity index is 322. The highest BCUT2D eigenvalue weighted by Gasteiger charge is 2.41. The third kappa shape index (κ3) is 1.31. The maximum Gasteiger partial charge on any atom is 0.246 e. The summed E-state index contributed by atoms with van der Waals surface area (Å²) in [4.78, 5) is 24.6. The molecule has 1 saturated carbocycles. The molecule has 2 rings (SSSR count). The summed E-state index contributed by atoms with van der Waals surface area (Å²) in [5.41, 5.74) is 5.91. The highest BCUT2D eigenvalue weighted by Crippen LogP contribution is 2.37. The molecule has 0 saturated heterocycles. The second kappa shape index (κ2) is 3.12. The topological polar surface area (TPSA) is 63.4 Å². The summed E-state index contributed by atoms with van der Waals surface area (Å²) in [7, 11) is 1.87. The Kier molecular flexibility index (Phi) is 2.06. The highest BCUT2D eigenvalue weighted by molar-refractivity contribution is 5.95. The molecule has 0 aromatic carbocycles. The SMILES string of the molecule is CN1C=C(C(N)=O)[C@H]2CCC(=O)[C@H]2C1. The lowest BCUT2D eigenvalue weighted by molar-refractivity contribution is -0.121. The van der Waals surface area contributed by atoms with Gasteiger partial charge in [-0.05, 0) is 6.42 Å². The van der Waals surface area contributed by atoms with E-state index in [0.717, 1.165) is 13.0 Å². The number of primary amides is 1. The van der Waals surface area contributed by atoms with E-state index in [0.29, 0.717) is 12.0 Å². The maximum atomic E-state index is 11.5. The first-order valence-corrected chi connectivity index (χ1v) is 4.84. The van der Waals surface area contributed by atoms with Gasteiger partial charge in [0, 0.05) is 43.6 Å². The third-order valence-corrected chi connectivity index (χ3v) is 3.13. The summed E-state index contributed by atoms with van der Waals surface area (Å²) in [5, 5.41) is 0. The Morgan fingerprint density at radius 3 is 2.93 bits per heavy atom. The van der Waals surface area contributed by atoms with Crippen LogP contribution < -0.4 is 5.73 Å². The molecule has 0 spiro atoms. The number of amides is 1. The van der Waals surface area contributed by atoms with Crippen LogP contribution in [0.15, 0.2) is 11.8 Å². The van der Waals surface area contributed by atoms with Gasteiger partial charge in [-0.2, -0.15) is 0 Å². The Labute approximate surface area is 82.7 Å². The van der Waals surface area contributed by atoms with Crippen molar-refractivity contribution in [1.82, 2.24) is 4.90 Å². The van der Waals surface area contributed by atoms with Gasteiger partial charge in [0.05, 0.1) is 0 Å². The number of rotatable bonds is 1. The van der Waals surface area contributed by atoms with Crippen molar-refractivity contribution >= 4 is 11.7 Å². The number of carbonyl (C=O) groups is 2. The van der Waals surface area contributed by atoms with Crippen LogP contribution in [-0.4, -0.2) is 30.2 Å². The fourth-order valence-electron chi connectivity index (χ4n) is 2.45. The van der Waals surface area contributed by atoms with Crippen molar-refractivity contribution in [2.45, 2.75) is 12.8 Å². The van der Waals surface area contributed by atoms with Crippen LogP contribution in [0.2, 0.25) is 0 Å². The molecule has 2 aliphatic rings. The molecule has 2 atom stereocenters. The second-order valence-electron chi connectivity index (χ2n) is 4.11. The lowest BCUT2D eigenvalue weighted by Crippen LogP contribution is -2.37. The van der Waals surface area contributed by atoms with E-state index in [1.54, 1.807) is 6.20 Å². The molecule has 1 aliphatic carbocycles. The molecule has 14 heavy (non-hydrogen) atoms. The standard InChI is InChI=1S/C10H14N2O2/c1-12-4-7-6(2-3-9(7)13)8(5-12)10(11)14/h5-7H,2-4H2,1H3,(H2,11,14)/t6-,7-/m0/s1. The van der Waals surface area contributed by atoms with E-state index >= 15 is 0 Å². The van der Waals surface area contributed by atoms with Crippen LogP contribution in [0.3, 0.4) is 0 Å². The fourth-order valence-corrected chi connectivity index (χ4v) is 2.45. The normalized spacial score (nSPS) is 31.4. The van der Waals surface area contributed by atoms with Gasteiger partial charge in [0.15, 0.2) is 0 Å². The molecular formula is C10H14N2O2. The van der Waals surface area contributed by atoms with Crippen molar-refractivity contribution in [2.75, 3.05) is 13.6 Å². The number of nitrogens with zero attached hydrogens (tertiary/aromatic N) is 1. The van der Waals surface area contributed by atoms with Crippen LogP contribution in [0, 0.1) is 11.8 Å². The minimum Gasteiger partial charge on any atom is -0.379 e. The molecule has 0 aromatic rings. The number of hydrogen-bond donors (Lipinski definition) is 1. The Hall–Kier alpha value is -1.32. The van der Waals surface area contributed by atoms with Gasteiger partial charge in [0.2, 0.25) is 5.91 Å². The molecule has 0 unspecified atom stereocenters. The van der Waals surface area contributed by atoms with Crippen molar-refractivity contribution in [3.8, 4) is 0 Å². The molecule has 0 bridgehead atoms. The number of hydrogen-bond acceptors (Lipinski definition) is 3. The lowest BCUT2D eigenvalue weighted by atomic mass is 9.85. The van der Waals surface area contributed by atoms with E-state index in [-0.39, 0.29) is 23.5 Å². The zero-order valence-electron chi connectivity index (χ0n) is 8.19. The summed E-state index contributed by atoms with van der Waals surface area (Å²) >= 11 is 0. The molecular weight excluding hydrogens is 180 g/mol. The monoisotopic (exact) mass is 194 g/mol. The molecule has 1 heterocycles. The van der Waals surface area contributed by atoms with Gasteiger partial charge in [-0.1, -0.05) is 0 Å². The van der Waals surface area contributed by atoms with Gasteiger partial charge in [0.25, 0.3) is 0 Å². The van der Waals surface area contributed by atoms with E-state index in [2.05, 4.69) is 0 Å². The van der Waals surface area contributed by atoms with Crippen molar-refractivity contribution in [1.29, 1.82) is 0 Å². The average Bonchev–Trinajstić information content (AvgIpc) is 2.47. The molecule has 0 aromatic heterocycles. The smallest absolute Gasteiger partial charge is 0.246 e. The van der Waals surface area contributed by atoms with Gasteiger partial charge in [-0.15, -0.1) is 0 Å². The first-order valence-electron chi connectivity index (χ1n) is 4.84. The number of ketones is 1. The van der Waals surface area contributed by atoms with Crippen LogP contribution in [-0.2, 0) is 9.59 Å². The third-order valence-electron chi connectivity index (χ3n) is 3.13. The van der Waals surface area contributed by atoms with Crippen LogP contribution in [0.4, 0.5) is 0 Å². The maximum absolute atomic E-state index is 11.5. The number of nitrogens with two attached hydrogens (primary N) is 1. The van der Waals surface area contributed by atoms with Crippen molar-refractivity contribution in [3.63, 3.8) is 0 Å². The summed E-state index contributed by atoms with van der Waals surface area (Å²) in [5.74, 6) is -0.0429. The summed E-state index contributed by atoms with van der Waals surface area (Å²) in [6.45, 7) is 0.722. The average molecular weight is 194 g/mol. The van der Waals surface area contributed by atoms with Crippen molar-refractivity contribution in [2.24, 2.45) is 17.6 Å². The number of carbonyl (C=O) groups excluding carboxylic acids is 2.